The lowest BCUT2D eigenvalue weighted by molar-refractivity contribution is -0.136. The molecule has 2 fully saturated rings. The van der Waals surface area contributed by atoms with Crippen LogP contribution >= 0.6 is 11.3 Å². The second-order valence-corrected chi connectivity index (χ2v) is 9.04. The van der Waals surface area contributed by atoms with Crippen molar-refractivity contribution in [2.45, 2.75) is 44.6 Å². The highest BCUT2D eigenvalue weighted by Gasteiger charge is 2.55. The van der Waals surface area contributed by atoms with Gasteiger partial charge in [-0.25, -0.2) is 14.2 Å². The Morgan fingerprint density at radius 3 is 2.83 bits per heavy atom. The summed E-state index contributed by atoms with van der Waals surface area (Å²) in [6.07, 6.45) is 5.62. The zero-order chi connectivity index (χ0) is 21.3. The third kappa shape index (κ3) is 3.94. The van der Waals surface area contributed by atoms with Crippen molar-refractivity contribution >= 4 is 34.3 Å². The molecule has 4 amide bonds. The highest BCUT2D eigenvalue weighted by Crippen LogP contribution is 2.38. The van der Waals surface area contributed by atoms with Gasteiger partial charge in [-0.15, -0.1) is 11.3 Å². The lowest BCUT2D eigenvalue weighted by Gasteiger charge is -2.36. The summed E-state index contributed by atoms with van der Waals surface area (Å²) >= 11 is 1.30. The van der Waals surface area contributed by atoms with E-state index in [9.17, 15) is 18.8 Å². The van der Waals surface area contributed by atoms with Gasteiger partial charge in [0.2, 0.25) is 5.91 Å². The summed E-state index contributed by atoms with van der Waals surface area (Å²) in [5.41, 5.74) is 0.0585. The van der Waals surface area contributed by atoms with Crippen molar-refractivity contribution in [3.63, 3.8) is 0 Å². The van der Waals surface area contributed by atoms with E-state index < -0.39 is 17.5 Å². The maximum atomic E-state index is 13.0. The molecule has 2 aromatic rings. The topological polar surface area (TPSA) is 91.4 Å². The van der Waals surface area contributed by atoms with Crippen molar-refractivity contribution in [3.05, 3.63) is 46.7 Å². The molecule has 1 aromatic heterocycles. The molecule has 158 valence electrons. The van der Waals surface area contributed by atoms with Crippen molar-refractivity contribution in [3.8, 4) is 0 Å². The fraction of sp³-hybridized carbons (Fsp3) is 0.429. The molecule has 1 saturated carbocycles. The van der Waals surface area contributed by atoms with Crippen LogP contribution in [0.3, 0.4) is 0 Å². The summed E-state index contributed by atoms with van der Waals surface area (Å²) < 4.78 is 13.0. The van der Waals surface area contributed by atoms with E-state index in [4.69, 9.17) is 0 Å². The summed E-state index contributed by atoms with van der Waals surface area (Å²) in [6, 6.07) is 5.69. The van der Waals surface area contributed by atoms with Crippen LogP contribution in [0.4, 0.5) is 14.3 Å². The van der Waals surface area contributed by atoms with Crippen LogP contribution in [0.25, 0.3) is 0 Å². The fourth-order valence-corrected chi connectivity index (χ4v) is 5.05. The van der Waals surface area contributed by atoms with Gasteiger partial charge in [0.05, 0.1) is 0 Å². The molecule has 2 aliphatic rings. The minimum atomic E-state index is -0.876. The van der Waals surface area contributed by atoms with Crippen LogP contribution in [0.1, 0.15) is 43.0 Å². The zero-order valence-corrected chi connectivity index (χ0v) is 17.4. The van der Waals surface area contributed by atoms with E-state index in [-0.39, 0.29) is 24.2 Å². The van der Waals surface area contributed by atoms with E-state index in [1.807, 2.05) is 6.92 Å². The number of thiazole rings is 1. The minimum Gasteiger partial charge on any atom is -0.323 e. The number of amides is 4. The van der Waals surface area contributed by atoms with Gasteiger partial charge in [-0.2, -0.15) is 0 Å². The Kier molecular flexibility index (Phi) is 5.55. The van der Waals surface area contributed by atoms with Gasteiger partial charge in [0.1, 0.15) is 17.9 Å². The molecular weight excluding hydrogens is 407 g/mol. The normalized spacial score (nSPS) is 23.7. The van der Waals surface area contributed by atoms with Crippen LogP contribution in [0.2, 0.25) is 0 Å². The largest absolute Gasteiger partial charge is 0.325 e. The molecule has 0 unspecified atom stereocenters. The first-order valence-electron chi connectivity index (χ1n) is 10.0. The highest BCUT2D eigenvalue weighted by molar-refractivity contribution is 7.15. The Labute approximate surface area is 177 Å². The van der Waals surface area contributed by atoms with E-state index in [2.05, 4.69) is 15.6 Å². The third-order valence-electron chi connectivity index (χ3n) is 5.89. The minimum absolute atomic E-state index is 0.0451. The number of benzene rings is 1. The Balaban J connectivity index is 1.37. The molecular formula is C21H23FN4O3S. The molecule has 30 heavy (non-hydrogen) atoms. The quantitative estimate of drug-likeness (QED) is 0.712. The fourth-order valence-electron chi connectivity index (χ4n) is 4.19. The van der Waals surface area contributed by atoms with Crippen molar-refractivity contribution in [2.24, 2.45) is 5.92 Å². The number of urea groups is 1. The summed E-state index contributed by atoms with van der Waals surface area (Å²) in [5, 5.41) is 5.90. The SMILES string of the molecule is C[C@H]1CCCC[C@@]12NC(=O)N(CC(=O)Nc1ncc(Cc3ccc(F)cc3)s1)C2=O. The molecule has 2 atom stereocenters. The van der Waals surface area contributed by atoms with Crippen molar-refractivity contribution in [1.29, 1.82) is 0 Å². The number of aromatic nitrogens is 1. The molecule has 2 heterocycles. The zero-order valence-electron chi connectivity index (χ0n) is 16.6. The Hall–Kier alpha value is -2.81. The number of carbonyl (C=O) groups excluding carboxylic acids is 3. The monoisotopic (exact) mass is 430 g/mol. The summed E-state index contributed by atoms with van der Waals surface area (Å²) in [4.78, 5) is 43.9. The molecule has 0 radical (unpaired) electrons. The first kappa shape index (κ1) is 20.5. The molecule has 7 nitrogen and oxygen atoms in total. The number of nitrogens with one attached hydrogen (secondary N) is 2. The number of hydrogen-bond donors (Lipinski definition) is 2. The molecule has 9 heteroatoms. The van der Waals surface area contributed by atoms with Crippen LogP contribution in [-0.2, 0) is 16.0 Å². The predicted molar refractivity (Wildman–Crippen MR) is 111 cm³/mol. The number of halogens is 1. The van der Waals surface area contributed by atoms with Gasteiger partial charge in [-0.3, -0.25) is 14.5 Å². The second kappa shape index (κ2) is 8.14. The highest BCUT2D eigenvalue weighted by atomic mass is 32.1. The number of imide groups is 1. The van der Waals surface area contributed by atoms with E-state index >= 15 is 0 Å². The molecule has 4 rings (SSSR count). The van der Waals surface area contributed by atoms with Crippen molar-refractivity contribution in [1.82, 2.24) is 15.2 Å². The number of anilines is 1. The summed E-state index contributed by atoms with van der Waals surface area (Å²) in [6.45, 7) is 1.63. The second-order valence-electron chi connectivity index (χ2n) is 7.92. The molecule has 1 aliphatic carbocycles. The number of nitrogens with zero attached hydrogens (tertiary/aromatic N) is 2. The summed E-state index contributed by atoms with van der Waals surface area (Å²) in [5.74, 6) is -1.03. The van der Waals surface area contributed by atoms with Crippen molar-refractivity contribution in [2.75, 3.05) is 11.9 Å². The first-order chi connectivity index (χ1) is 14.4. The average Bonchev–Trinajstić information content (AvgIpc) is 3.24. The Morgan fingerprint density at radius 1 is 1.33 bits per heavy atom. The first-order valence-corrected chi connectivity index (χ1v) is 10.8. The van der Waals surface area contributed by atoms with Crippen LogP contribution in [0.15, 0.2) is 30.5 Å². The molecule has 1 saturated heterocycles. The number of rotatable bonds is 5. The van der Waals surface area contributed by atoms with Crippen LogP contribution in [-0.4, -0.2) is 39.8 Å². The van der Waals surface area contributed by atoms with Gasteiger partial charge in [0, 0.05) is 17.5 Å². The van der Waals surface area contributed by atoms with E-state index in [1.54, 1.807) is 18.3 Å². The number of hydrogen-bond acceptors (Lipinski definition) is 5. The molecule has 0 bridgehead atoms. The molecule has 1 aromatic carbocycles. The van der Waals surface area contributed by atoms with Crippen molar-refractivity contribution < 1.29 is 18.8 Å². The number of carbonyl (C=O) groups is 3. The van der Waals surface area contributed by atoms with Gasteiger partial charge in [0.25, 0.3) is 5.91 Å². The van der Waals surface area contributed by atoms with Gasteiger partial charge in [-0.05, 0) is 36.5 Å². The Bertz CT molecular complexity index is 977. The molecule has 1 aliphatic heterocycles. The van der Waals surface area contributed by atoms with Gasteiger partial charge in [-0.1, -0.05) is 31.9 Å². The van der Waals surface area contributed by atoms with Crippen LogP contribution < -0.4 is 10.6 Å². The van der Waals surface area contributed by atoms with Crippen LogP contribution in [0, 0.1) is 11.7 Å². The lowest BCUT2D eigenvalue weighted by atomic mass is 9.73. The smallest absolute Gasteiger partial charge is 0.323 e. The van der Waals surface area contributed by atoms with E-state index in [0.717, 1.165) is 34.6 Å². The van der Waals surface area contributed by atoms with E-state index in [0.29, 0.717) is 18.0 Å². The average molecular weight is 431 g/mol. The molecule has 2 N–H and O–H groups in total. The van der Waals surface area contributed by atoms with Gasteiger partial charge in [0.15, 0.2) is 5.13 Å². The Morgan fingerprint density at radius 2 is 2.10 bits per heavy atom. The standard InChI is InChI=1S/C21H23FN4O3S/c1-13-4-2-3-9-21(13)18(28)26(20(29)25-21)12-17(27)24-19-23-11-16(30-19)10-14-5-7-15(22)8-6-14/h5-8,11,13H,2-4,9-10,12H2,1H3,(H,25,29)(H,23,24,27)/t13-,21+/m0/s1. The predicted octanol–water partition coefficient (Wildman–Crippen LogP) is 3.31. The maximum Gasteiger partial charge on any atom is 0.325 e. The van der Waals surface area contributed by atoms with Gasteiger partial charge < -0.3 is 10.6 Å². The third-order valence-corrected chi connectivity index (χ3v) is 6.81. The summed E-state index contributed by atoms with van der Waals surface area (Å²) in [7, 11) is 0. The maximum absolute atomic E-state index is 13.0. The van der Waals surface area contributed by atoms with Gasteiger partial charge >= 0.3 is 6.03 Å². The van der Waals surface area contributed by atoms with E-state index in [1.165, 1.54) is 23.5 Å². The lowest BCUT2D eigenvalue weighted by Crippen LogP contribution is -2.54. The molecule has 1 spiro atoms. The van der Waals surface area contributed by atoms with Crippen LogP contribution in [0.5, 0.6) is 0 Å².